The summed E-state index contributed by atoms with van der Waals surface area (Å²) in [5.74, 6) is -1.34. The second-order valence-corrected chi connectivity index (χ2v) is 3.87. The third kappa shape index (κ3) is 1.48. The Labute approximate surface area is 78.1 Å². The molecule has 78 valence electrons. The molecule has 0 saturated carbocycles. The molecule has 0 aliphatic carbocycles. The molecule has 0 aromatic rings. The third-order valence-electron chi connectivity index (χ3n) is 3.07. The molecule has 2 unspecified atom stereocenters. The summed E-state index contributed by atoms with van der Waals surface area (Å²) in [6.07, 6.45) is 0.972. The average molecular weight is 190 g/mol. The van der Waals surface area contributed by atoms with E-state index < -0.39 is 11.2 Å². The van der Waals surface area contributed by atoms with Crippen molar-refractivity contribution in [3.8, 4) is 0 Å². The van der Waals surface area contributed by atoms with E-state index in [1.54, 1.807) is 0 Å². The Hall–Kier alpha value is -0.160. The van der Waals surface area contributed by atoms with Gasteiger partial charge < -0.3 is 20.1 Å². The van der Waals surface area contributed by atoms with E-state index in [2.05, 4.69) is 0 Å². The predicted molar refractivity (Wildman–Crippen MR) is 47.0 cm³/mol. The predicted octanol–water partition coefficient (Wildman–Crippen LogP) is -0.135. The van der Waals surface area contributed by atoms with Gasteiger partial charge in [-0.3, -0.25) is 0 Å². The molecule has 0 bridgehead atoms. The van der Waals surface area contributed by atoms with E-state index >= 15 is 0 Å². The Balaban J connectivity index is 2.75. The van der Waals surface area contributed by atoms with Crippen LogP contribution < -0.4 is 0 Å². The number of hydrogen-bond acceptors (Lipinski definition) is 4. The normalized spacial score (nSPS) is 34.4. The molecular weight excluding hydrogens is 172 g/mol. The SMILES string of the molecule is CCC(CO)(CO)C1(O)CC(C)O1. The molecule has 13 heavy (non-hydrogen) atoms. The van der Waals surface area contributed by atoms with Gasteiger partial charge in [-0.05, 0) is 13.3 Å². The van der Waals surface area contributed by atoms with Crippen LogP contribution >= 0.6 is 0 Å². The highest BCUT2D eigenvalue weighted by molar-refractivity contribution is 4.98. The summed E-state index contributed by atoms with van der Waals surface area (Å²) in [5.41, 5.74) is -0.917. The summed E-state index contributed by atoms with van der Waals surface area (Å²) in [5, 5.41) is 28.3. The van der Waals surface area contributed by atoms with Crippen LogP contribution in [0.3, 0.4) is 0 Å². The topological polar surface area (TPSA) is 69.9 Å². The summed E-state index contributed by atoms with van der Waals surface area (Å²) >= 11 is 0. The van der Waals surface area contributed by atoms with Gasteiger partial charge >= 0.3 is 0 Å². The van der Waals surface area contributed by atoms with Crippen LogP contribution in [0.25, 0.3) is 0 Å². The summed E-state index contributed by atoms with van der Waals surface area (Å²) in [6, 6.07) is 0. The van der Waals surface area contributed by atoms with Gasteiger partial charge in [0.2, 0.25) is 0 Å². The monoisotopic (exact) mass is 190 g/mol. The van der Waals surface area contributed by atoms with Crippen LogP contribution in [0.4, 0.5) is 0 Å². The highest BCUT2D eigenvalue weighted by Crippen LogP contribution is 2.46. The number of ether oxygens (including phenoxy) is 1. The lowest BCUT2D eigenvalue weighted by Gasteiger charge is -2.53. The van der Waals surface area contributed by atoms with Gasteiger partial charge in [0.05, 0.1) is 24.7 Å². The minimum absolute atomic E-state index is 0.00836. The smallest absolute Gasteiger partial charge is 0.178 e. The maximum atomic E-state index is 9.95. The molecule has 4 nitrogen and oxygen atoms in total. The lowest BCUT2D eigenvalue weighted by atomic mass is 9.73. The molecule has 1 saturated heterocycles. The van der Waals surface area contributed by atoms with Crippen molar-refractivity contribution in [2.24, 2.45) is 5.41 Å². The fraction of sp³-hybridized carbons (Fsp3) is 1.00. The van der Waals surface area contributed by atoms with E-state index in [9.17, 15) is 5.11 Å². The van der Waals surface area contributed by atoms with Crippen LogP contribution in [0.15, 0.2) is 0 Å². The molecule has 0 aromatic carbocycles. The van der Waals surface area contributed by atoms with E-state index in [4.69, 9.17) is 14.9 Å². The standard InChI is InChI=1S/C9H18O4/c1-3-8(5-10,6-11)9(12)4-7(2)13-9/h7,10-12H,3-6H2,1-2H3. The zero-order chi connectivity index (χ0) is 10.1. The fourth-order valence-electron chi connectivity index (χ4n) is 1.85. The molecule has 0 amide bonds. The van der Waals surface area contributed by atoms with Crippen molar-refractivity contribution in [1.29, 1.82) is 0 Å². The number of rotatable bonds is 4. The van der Waals surface area contributed by atoms with E-state index in [0.717, 1.165) is 0 Å². The highest BCUT2D eigenvalue weighted by Gasteiger charge is 2.56. The number of hydrogen-bond donors (Lipinski definition) is 3. The first kappa shape index (κ1) is 10.9. The van der Waals surface area contributed by atoms with Crippen LogP contribution in [0.5, 0.6) is 0 Å². The maximum absolute atomic E-state index is 9.95. The van der Waals surface area contributed by atoms with Gasteiger partial charge in [0, 0.05) is 6.42 Å². The van der Waals surface area contributed by atoms with Crippen LogP contribution in [-0.2, 0) is 4.74 Å². The minimum atomic E-state index is -1.34. The molecule has 1 aliphatic heterocycles. The van der Waals surface area contributed by atoms with Crippen molar-refractivity contribution in [1.82, 2.24) is 0 Å². The highest BCUT2D eigenvalue weighted by atomic mass is 16.7. The molecule has 1 aliphatic rings. The largest absolute Gasteiger partial charge is 0.395 e. The van der Waals surface area contributed by atoms with Gasteiger partial charge in [0.15, 0.2) is 5.79 Å². The first-order chi connectivity index (χ1) is 6.03. The molecule has 0 spiro atoms. The Bertz CT molecular complexity index is 162. The molecule has 3 N–H and O–H groups in total. The van der Waals surface area contributed by atoms with Crippen molar-refractivity contribution >= 4 is 0 Å². The average Bonchev–Trinajstić information content (AvgIpc) is 2.06. The summed E-state index contributed by atoms with van der Waals surface area (Å²) in [6.45, 7) is 3.15. The van der Waals surface area contributed by atoms with Gasteiger partial charge in [-0.25, -0.2) is 0 Å². The third-order valence-corrected chi connectivity index (χ3v) is 3.07. The molecule has 0 aromatic heterocycles. The zero-order valence-electron chi connectivity index (χ0n) is 8.16. The van der Waals surface area contributed by atoms with Crippen molar-refractivity contribution in [3.63, 3.8) is 0 Å². The van der Waals surface area contributed by atoms with Crippen LogP contribution in [0, 0.1) is 5.41 Å². The van der Waals surface area contributed by atoms with Gasteiger partial charge in [-0.15, -0.1) is 0 Å². The zero-order valence-corrected chi connectivity index (χ0v) is 8.16. The minimum Gasteiger partial charge on any atom is -0.395 e. The molecule has 2 atom stereocenters. The molecule has 0 radical (unpaired) electrons. The van der Waals surface area contributed by atoms with Gasteiger partial charge in [-0.1, -0.05) is 6.92 Å². The Morgan fingerprint density at radius 1 is 1.46 bits per heavy atom. The van der Waals surface area contributed by atoms with E-state index in [1.165, 1.54) is 0 Å². The van der Waals surface area contributed by atoms with Crippen molar-refractivity contribution in [2.75, 3.05) is 13.2 Å². The van der Waals surface area contributed by atoms with E-state index in [0.29, 0.717) is 12.8 Å². The maximum Gasteiger partial charge on any atom is 0.178 e. The number of aliphatic hydroxyl groups excluding tert-OH is 2. The summed E-state index contributed by atoms with van der Waals surface area (Å²) in [4.78, 5) is 0. The quantitative estimate of drug-likeness (QED) is 0.577. The number of aliphatic hydroxyl groups is 3. The van der Waals surface area contributed by atoms with E-state index in [1.807, 2.05) is 13.8 Å². The molecule has 1 fully saturated rings. The Morgan fingerprint density at radius 3 is 2.15 bits per heavy atom. The first-order valence-corrected chi connectivity index (χ1v) is 4.65. The van der Waals surface area contributed by atoms with Crippen molar-refractivity contribution < 1.29 is 20.1 Å². The lowest BCUT2D eigenvalue weighted by molar-refractivity contribution is -0.379. The fourth-order valence-corrected chi connectivity index (χ4v) is 1.85. The molecule has 1 heterocycles. The van der Waals surface area contributed by atoms with Gasteiger partial charge in [0.1, 0.15) is 0 Å². The molecule has 1 rings (SSSR count). The molecular formula is C9H18O4. The lowest BCUT2D eigenvalue weighted by Crippen LogP contribution is -2.63. The van der Waals surface area contributed by atoms with Crippen molar-refractivity contribution in [3.05, 3.63) is 0 Å². The Kier molecular flexibility index (Phi) is 2.97. The second kappa shape index (κ2) is 3.53. The first-order valence-electron chi connectivity index (χ1n) is 4.65. The van der Waals surface area contributed by atoms with Crippen LogP contribution in [0.2, 0.25) is 0 Å². The van der Waals surface area contributed by atoms with Crippen LogP contribution in [-0.4, -0.2) is 40.4 Å². The van der Waals surface area contributed by atoms with E-state index in [-0.39, 0.29) is 19.3 Å². The summed E-state index contributed by atoms with van der Waals surface area (Å²) in [7, 11) is 0. The molecule has 4 heteroatoms. The second-order valence-electron chi connectivity index (χ2n) is 3.87. The van der Waals surface area contributed by atoms with Gasteiger partial charge in [-0.2, -0.15) is 0 Å². The summed E-state index contributed by atoms with van der Waals surface area (Å²) < 4.78 is 5.20. The van der Waals surface area contributed by atoms with Gasteiger partial charge in [0.25, 0.3) is 0 Å². The van der Waals surface area contributed by atoms with Crippen molar-refractivity contribution in [2.45, 2.75) is 38.6 Å². The Morgan fingerprint density at radius 2 is 1.92 bits per heavy atom. The van der Waals surface area contributed by atoms with Crippen LogP contribution in [0.1, 0.15) is 26.7 Å².